The first-order valence-corrected chi connectivity index (χ1v) is 14.7. The molecule has 11 heteroatoms. The summed E-state index contributed by atoms with van der Waals surface area (Å²) >= 11 is 1.50. The highest BCUT2D eigenvalue weighted by Gasteiger charge is 2.21. The lowest BCUT2D eigenvalue weighted by Crippen LogP contribution is -2.33. The Labute approximate surface area is 242 Å². The van der Waals surface area contributed by atoms with Gasteiger partial charge in [0.05, 0.1) is 5.52 Å². The number of pyridine rings is 2. The molecule has 3 N–H and O–H groups in total. The molecule has 1 saturated heterocycles. The van der Waals surface area contributed by atoms with Crippen molar-refractivity contribution in [2.24, 2.45) is 5.92 Å². The first kappa shape index (κ1) is 28.4. The number of fused-ring (bicyclic) bond motifs is 1. The molecule has 1 atom stereocenters. The topological polar surface area (TPSA) is 121 Å². The third kappa shape index (κ3) is 6.15. The van der Waals surface area contributed by atoms with Crippen LogP contribution >= 0.6 is 11.3 Å². The highest BCUT2D eigenvalue weighted by molar-refractivity contribution is 7.13. The van der Waals surface area contributed by atoms with E-state index in [1.54, 1.807) is 32.6 Å². The lowest BCUT2D eigenvalue weighted by molar-refractivity contribution is 0.0825. The van der Waals surface area contributed by atoms with Crippen LogP contribution in [0.4, 0.5) is 10.6 Å². The molecule has 0 aliphatic carbocycles. The average molecular weight is 574 g/mol. The van der Waals surface area contributed by atoms with E-state index in [2.05, 4.69) is 30.5 Å². The molecule has 5 rings (SSSR count). The molecule has 1 fully saturated rings. The maximum atomic E-state index is 13.7. The molecule has 0 spiro atoms. The van der Waals surface area contributed by atoms with E-state index in [-0.39, 0.29) is 22.9 Å². The molecule has 3 amide bonds. The standard InChI is InChI=1S/C30H35N7O3S/c1-5-32-30(40)35-26-12-21(28-34-18(2)17-41-28)23(14-33-26)20-8-9-25-22(11-20)27(38)24(29(39)36(3)4)16-37(25)15-19-7-6-10-31-13-19/h8-9,11-12,14,16-17,19,31H,5-7,10,13,15H2,1-4H3,(H2,32,33,35,40)/t19-/m0/s1. The Morgan fingerprint density at radius 2 is 2.05 bits per heavy atom. The number of piperidine rings is 1. The molecule has 41 heavy (non-hydrogen) atoms. The normalized spacial score (nSPS) is 15.1. The van der Waals surface area contributed by atoms with E-state index in [1.165, 1.54) is 16.2 Å². The summed E-state index contributed by atoms with van der Waals surface area (Å²) in [5.41, 5.74) is 3.86. The van der Waals surface area contributed by atoms with Crippen LogP contribution in [0.1, 0.15) is 35.8 Å². The van der Waals surface area contributed by atoms with Crippen LogP contribution in [-0.2, 0) is 6.54 Å². The van der Waals surface area contributed by atoms with Crippen molar-refractivity contribution in [3.8, 4) is 21.7 Å². The van der Waals surface area contributed by atoms with Gasteiger partial charge in [-0.1, -0.05) is 6.07 Å². The van der Waals surface area contributed by atoms with Gasteiger partial charge in [-0.3, -0.25) is 14.9 Å². The minimum absolute atomic E-state index is 0.152. The first-order valence-electron chi connectivity index (χ1n) is 13.8. The van der Waals surface area contributed by atoms with Crippen LogP contribution in [0.5, 0.6) is 0 Å². The number of thiazole rings is 1. The van der Waals surface area contributed by atoms with E-state index < -0.39 is 0 Å². The number of hydrogen-bond donors (Lipinski definition) is 3. The number of carbonyl (C=O) groups is 2. The Morgan fingerprint density at radius 3 is 2.73 bits per heavy atom. The number of hydrogen-bond acceptors (Lipinski definition) is 7. The minimum Gasteiger partial charge on any atom is -0.346 e. The Kier molecular flexibility index (Phi) is 8.46. The van der Waals surface area contributed by atoms with Crippen molar-refractivity contribution in [3.63, 3.8) is 0 Å². The molecular formula is C30H35N7O3S. The van der Waals surface area contributed by atoms with Gasteiger partial charge in [0.25, 0.3) is 5.91 Å². The number of nitrogens with one attached hydrogen (secondary N) is 3. The third-order valence-corrected chi connectivity index (χ3v) is 8.21. The summed E-state index contributed by atoms with van der Waals surface area (Å²) in [6.07, 6.45) is 5.60. The molecule has 1 aliphatic rings. The maximum absolute atomic E-state index is 13.7. The van der Waals surface area contributed by atoms with Crippen LogP contribution in [0, 0.1) is 12.8 Å². The fraction of sp³-hybridized carbons (Fsp3) is 0.367. The average Bonchev–Trinajstić information content (AvgIpc) is 3.40. The van der Waals surface area contributed by atoms with Gasteiger partial charge >= 0.3 is 6.03 Å². The second kappa shape index (κ2) is 12.2. The Hall–Kier alpha value is -4.09. The van der Waals surface area contributed by atoms with Crippen molar-refractivity contribution < 1.29 is 9.59 Å². The maximum Gasteiger partial charge on any atom is 0.320 e. The summed E-state index contributed by atoms with van der Waals surface area (Å²) in [4.78, 5) is 49.6. The van der Waals surface area contributed by atoms with Crippen molar-refractivity contribution in [2.75, 3.05) is 39.0 Å². The Bertz CT molecular complexity index is 1650. The molecular weight excluding hydrogens is 538 g/mol. The molecule has 214 valence electrons. The zero-order valence-electron chi connectivity index (χ0n) is 23.8. The molecule has 0 unspecified atom stereocenters. The third-order valence-electron chi connectivity index (χ3n) is 7.21. The Balaban J connectivity index is 1.65. The highest BCUT2D eigenvalue weighted by atomic mass is 32.1. The van der Waals surface area contributed by atoms with Crippen molar-refractivity contribution in [1.29, 1.82) is 0 Å². The SMILES string of the molecule is CCNC(=O)Nc1cc(-c2nc(C)cs2)c(-c2ccc3c(c2)c(=O)c(C(=O)N(C)C)cn3C[C@H]2CCCNC2)cn1. The van der Waals surface area contributed by atoms with Gasteiger partial charge in [0.2, 0.25) is 5.43 Å². The van der Waals surface area contributed by atoms with Crippen LogP contribution in [0.15, 0.2) is 46.8 Å². The van der Waals surface area contributed by atoms with Gasteiger partial charge in [0.1, 0.15) is 16.4 Å². The van der Waals surface area contributed by atoms with Crippen LogP contribution in [0.3, 0.4) is 0 Å². The molecule has 4 heterocycles. The zero-order chi connectivity index (χ0) is 29.1. The van der Waals surface area contributed by atoms with E-state index in [9.17, 15) is 14.4 Å². The summed E-state index contributed by atoms with van der Waals surface area (Å²) in [6, 6.07) is 7.23. The predicted molar refractivity (Wildman–Crippen MR) is 164 cm³/mol. The lowest BCUT2D eigenvalue weighted by Gasteiger charge is -2.25. The van der Waals surface area contributed by atoms with E-state index in [1.807, 2.05) is 37.4 Å². The van der Waals surface area contributed by atoms with Crippen LogP contribution in [0.25, 0.3) is 32.6 Å². The van der Waals surface area contributed by atoms with Crippen molar-refractivity contribution in [1.82, 2.24) is 30.1 Å². The second-order valence-electron chi connectivity index (χ2n) is 10.6. The monoisotopic (exact) mass is 573 g/mol. The number of anilines is 1. The van der Waals surface area contributed by atoms with Crippen LogP contribution < -0.4 is 21.4 Å². The van der Waals surface area contributed by atoms with Crippen molar-refractivity contribution in [3.05, 3.63) is 63.5 Å². The van der Waals surface area contributed by atoms with E-state index in [0.29, 0.717) is 30.2 Å². The number of aryl methyl sites for hydroxylation is 1. The molecule has 4 aromatic rings. The summed E-state index contributed by atoms with van der Waals surface area (Å²) in [7, 11) is 3.31. The summed E-state index contributed by atoms with van der Waals surface area (Å²) in [5, 5.41) is 12.2. The summed E-state index contributed by atoms with van der Waals surface area (Å²) in [6.45, 7) is 6.90. The van der Waals surface area contributed by atoms with Gasteiger partial charge in [-0.2, -0.15) is 0 Å². The van der Waals surface area contributed by atoms with Gasteiger partial charge < -0.3 is 20.1 Å². The molecule has 0 radical (unpaired) electrons. The molecule has 1 aromatic carbocycles. The van der Waals surface area contributed by atoms with Crippen LogP contribution in [-0.4, -0.2) is 65.1 Å². The van der Waals surface area contributed by atoms with Crippen molar-refractivity contribution >= 4 is 40.0 Å². The van der Waals surface area contributed by atoms with Gasteiger partial charge in [-0.15, -0.1) is 11.3 Å². The lowest BCUT2D eigenvalue weighted by atomic mass is 9.97. The predicted octanol–water partition coefficient (Wildman–Crippen LogP) is 4.34. The number of aromatic nitrogens is 3. The van der Waals surface area contributed by atoms with Gasteiger partial charge in [-0.25, -0.2) is 14.8 Å². The first-order chi connectivity index (χ1) is 19.7. The fourth-order valence-electron chi connectivity index (χ4n) is 5.20. The zero-order valence-corrected chi connectivity index (χ0v) is 24.6. The quantitative estimate of drug-likeness (QED) is 0.303. The smallest absolute Gasteiger partial charge is 0.320 e. The number of nitrogens with zero attached hydrogens (tertiary/aromatic N) is 4. The fourth-order valence-corrected chi connectivity index (χ4v) is 6.02. The number of benzene rings is 1. The highest BCUT2D eigenvalue weighted by Crippen LogP contribution is 2.36. The minimum atomic E-state index is -0.341. The molecule has 1 aliphatic heterocycles. The molecule has 0 bridgehead atoms. The number of carbonyl (C=O) groups excluding carboxylic acids is 2. The van der Waals surface area contributed by atoms with Gasteiger partial charge in [0.15, 0.2) is 0 Å². The molecule has 3 aromatic heterocycles. The van der Waals surface area contributed by atoms with Gasteiger partial charge in [0, 0.05) is 67.2 Å². The van der Waals surface area contributed by atoms with E-state index in [4.69, 9.17) is 0 Å². The van der Waals surface area contributed by atoms with Gasteiger partial charge in [-0.05, 0) is 69.5 Å². The van der Waals surface area contributed by atoms with E-state index >= 15 is 0 Å². The second-order valence-corrected chi connectivity index (χ2v) is 11.4. The Morgan fingerprint density at radius 1 is 1.22 bits per heavy atom. The summed E-state index contributed by atoms with van der Waals surface area (Å²) < 4.78 is 2.05. The summed E-state index contributed by atoms with van der Waals surface area (Å²) in [5.74, 6) is 0.482. The van der Waals surface area contributed by atoms with Crippen LogP contribution in [0.2, 0.25) is 0 Å². The molecule has 0 saturated carbocycles. The van der Waals surface area contributed by atoms with E-state index in [0.717, 1.165) is 58.8 Å². The van der Waals surface area contributed by atoms with Crippen molar-refractivity contribution in [2.45, 2.75) is 33.2 Å². The number of amides is 3. The largest absolute Gasteiger partial charge is 0.346 e. The number of urea groups is 1. The number of rotatable bonds is 7. The molecule has 10 nitrogen and oxygen atoms in total.